The first kappa shape index (κ1) is 10.4. The molecule has 1 aliphatic heterocycles. The molecule has 2 rings (SSSR count). The van der Waals surface area contributed by atoms with E-state index >= 15 is 0 Å². The Bertz CT molecular complexity index is 305. The first-order valence-corrected chi connectivity index (χ1v) is 5.74. The zero-order chi connectivity index (χ0) is 10.5. The van der Waals surface area contributed by atoms with Crippen LogP contribution in [0.4, 0.5) is 5.69 Å². The molecule has 1 unspecified atom stereocenters. The van der Waals surface area contributed by atoms with Gasteiger partial charge in [-0.05, 0) is 44.9 Å². The molecule has 3 nitrogen and oxygen atoms in total. The minimum atomic E-state index is 0.723. The van der Waals surface area contributed by atoms with E-state index in [1.165, 1.54) is 31.5 Å². The van der Waals surface area contributed by atoms with Gasteiger partial charge in [0.25, 0.3) is 0 Å². The Balaban J connectivity index is 1.73. The van der Waals surface area contributed by atoms with Gasteiger partial charge in [-0.15, -0.1) is 0 Å². The molecule has 0 aromatic carbocycles. The van der Waals surface area contributed by atoms with E-state index in [1.54, 1.807) is 0 Å². The largest absolute Gasteiger partial charge is 0.385 e. The standard InChI is InChI=1S/C12H19N3/c1-10-9-12(5-7-13-10)15-8-4-11-3-2-6-14-11/h5,7,9,11,14H,2-4,6,8H2,1H3,(H,13,15). The van der Waals surface area contributed by atoms with Crippen LogP contribution in [-0.4, -0.2) is 24.1 Å². The summed E-state index contributed by atoms with van der Waals surface area (Å²) in [6, 6.07) is 4.83. The molecule has 2 N–H and O–H groups in total. The predicted molar refractivity (Wildman–Crippen MR) is 63.1 cm³/mol. The van der Waals surface area contributed by atoms with Crippen LogP contribution in [-0.2, 0) is 0 Å². The minimum Gasteiger partial charge on any atom is -0.385 e. The van der Waals surface area contributed by atoms with E-state index in [9.17, 15) is 0 Å². The molecular formula is C12H19N3. The van der Waals surface area contributed by atoms with Crippen molar-refractivity contribution in [3.05, 3.63) is 24.0 Å². The minimum absolute atomic E-state index is 0.723. The van der Waals surface area contributed by atoms with Gasteiger partial charge in [-0.2, -0.15) is 0 Å². The maximum atomic E-state index is 4.17. The smallest absolute Gasteiger partial charge is 0.0393 e. The number of nitrogens with one attached hydrogen (secondary N) is 2. The van der Waals surface area contributed by atoms with E-state index in [0.717, 1.165) is 18.3 Å². The summed E-state index contributed by atoms with van der Waals surface area (Å²) >= 11 is 0. The lowest BCUT2D eigenvalue weighted by Crippen LogP contribution is -2.24. The Morgan fingerprint density at radius 2 is 2.53 bits per heavy atom. The second kappa shape index (κ2) is 5.12. The molecule has 0 saturated carbocycles. The summed E-state index contributed by atoms with van der Waals surface area (Å²) in [5, 5.41) is 6.93. The molecule has 0 aliphatic carbocycles. The van der Waals surface area contributed by atoms with Crippen molar-refractivity contribution in [3.8, 4) is 0 Å². The van der Waals surface area contributed by atoms with E-state index in [1.807, 2.05) is 19.2 Å². The van der Waals surface area contributed by atoms with Crippen LogP contribution in [0, 0.1) is 6.92 Å². The SMILES string of the molecule is Cc1cc(NCCC2CCCN2)ccn1. The highest BCUT2D eigenvalue weighted by atomic mass is 15.0. The van der Waals surface area contributed by atoms with Crippen LogP contribution in [0.2, 0.25) is 0 Å². The van der Waals surface area contributed by atoms with Crippen LogP contribution >= 0.6 is 0 Å². The van der Waals surface area contributed by atoms with E-state index < -0.39 is 0 Å². The number of aromatic nitrogens is 1. The van der Waals surface area contributed by atoms with Crippen LogP contribution < -0.4 is 10.6 Å². The Labute approximate surface area is 91.3 Å². The number of rotatable bonds is 4. The quantitative estimate of drug-likeness (QED) is 0.789. The third kappa shape index (κ3) is 3.20. The van der Waals surface area contributed by atoms with Crippen molar-refractivity contribution in [2.24, 2.45) is 0 Å². The molecule has 1 aliphatic rings. The van der Waals surface area contributed by atoms with Crippen LogP contribution in [0.3, 0.4) is 0 Å². The van der Waals surface area contributed by atoms with E-state index in [-0.39, 0.29) is 0 Å². The van der Waals surface area contributed by atoms with Crippen molar-refractivity contribution in [1.82, 2.24) is 10.3 Å². The van der Waals surface area contributed by atoms with Gasteiger partial charge in [-0.3, -0.25) is 4.98 Å². The maximum Gasteiger partial charge on any atom is 0.0393 e. The molecular weight excluding hydrogens is 186 g/mol. The number of nitrogens with zero attached hydrogens (tertiary/aromatic N) is 1. The lowest BCUT2D eigenvalue weighted by Gasteiger charge is -2.11. The summed E-state index contributed by atoms with van der Waals surface area (Å²) in [7, 11) is 0. The highest BCUT2D eigenvalue weighted by molar-refractivity contribution is 5.42. The van der Waals surface area contributed by atoms with Gasteiger partial charge in [-0.25, -0.2) is 0 Å². The fourth-order valence-corrected chi connectivity index (χ4v) is 2.05. The van der Waals surface area contributed by atoms with Gasteiger partial charge in [0, 0.05) is 30.2 Å². The van der Waals surface area contributed by atoms with Crippen LogP contribution in [0.1, 0.15) is 25.0 Å². The Morgan fingerprint density at radius 3 is 3.27 bits per heavy atom. The van der Waals surface area contributed by atoms with Gasteiger partial charge in [0.05, 0.1) is 0 Å². The lowest BCUT2D eigenvalue weighted by molar-refractivity contribution is 0.574. The van der Waals surface area contributed by atoms with Crippen molar-refractivity contribution in [2.75, 3.05) is 18.4 Å². The van der Waals surface area contributed by atoms with E-state index in [0.29, 0.717) is 0 Å². The monoisotopic (exact) mass is 205 g/mol. The number of anilines is 1. The molecule has 1 aromatic heterocycles. The third-order valence-corrected chi connectivity index (χ3v) is 2.88. The number of hydrogen-bond acceptors (Lipinski definition) is 3. The highest BCUT2D eigenvalue weighted by Gasteiger charge is 2.12. The fraction of sp³-hybridized carbons (Fsp3) is 0.583. The molecule has 0 amide bonds. The lowest BCUT2D eigenvalue weighted by atomic mass is 10.1. The fourth-order valence-electron chi connectivity index (χ4n) is 2.05. The highest BCUT2D eigenvalue weighted by Crippen LogP contribution is 2.10. The van der Waals surface area contributed by atoms with Gasteiger partial charge in [-0.1, -0.05) is 0 Å². The Morgan fingerprint density at radius 1 is 1.60 bits per heavy atom. The summed E-state index contributed by atoms with van der Waals surface area (Å²) in [6.07, 6.45) is 5.73. The summed E-state index contributed by atoms with van der Waals surface area (Å²) < 4.78 is 0. The van der Waals surface area contributed by atoms with Gasteiger partial charge < -0.3 is 10.6 Å². The molecule has 1 atom stereocenters. The first-order chi connectivity index (χ1) is 7.34. The van der Waals surface area contributed by atoms with Crippen molar-refractivity contribution in [3.63, 3.8) is 0 Å². The summed E-state index contributed by atoms with van der Waals surface area (Å²) in [4.78, 5) is 4.17. The molecule has 1 saturated heterocycles. The topological polar surface area (TPSA) is 37.0 Å². The summed E-state index contributed by atoms with van der Waals surface area (Å²) in [5.74, 6) is 0. The molecule has 0 spiro atoms. The number of aryl methyl sites for hydroxylation is 1. The van der Waals surface area contributed by atoms with Crippen molar-refractivity contribution in [1.29, 1.82) is 0 Å². The molecule has 82 valence electrons. The van der Waals surface area contributed by atoms with Gasteiger partial charge in [0.2, 0.25) is 0 Å². The number of hydrogen-bond donors (Lipinski definition) is 2. The average molecular weight is 205 g/mol. The molecule has 1 aromatic rings. The van der Waals surface area contributed by atoms with Gasteiger partial charge >= 0.3 is 0 Å². The van der Waals surface area contributed by atoms with E-state index in [2.05, 4.69) is 21.7 Å². The van der Waals surface area contributed by atoms with Crippen molar-refractivity contribution < 1.29 is 0 Å². The third-order valence-electron chi connectivity index (χ3n) is 2.88. The molecule has 1 fully saturated rings. The zero-order valence-electron chi connectivity index (χ0n) is 9.29. The average Bonchev–Trinajstić information content (AvgIpc) is 2.71. The summed E-state index contributed by atoms with van der Waals surface area (Å²) in [5.41, 5.74) is 2.25. The Kier molecular flexibility index (Phi) is 3.56. The Hall–Kier alpha value is -1.09. The molecule has 0 radical (unpaired) electrons. The second-order valence-electron chi connectivity index (χ2n) is 4.19. The molecule has 15 heavy (non-hydrogen) atoms. The maximum absolute atomic E-state index is 4.17. The first-order valence-electron chi connectivity index (χ1n) is 5.74. The van der Waals surface area contributed by atoms with Crippen LogP contribution in [0.15, 0.2) is 18.3 Å². The normalized spacial score (nSPS) is 20.5. The van der Waals surface area contributed by atoms with Gasteiger partial charge in [0.15, 0.2) is 0 Å². The second-order valence-corrected chi connectivity index (χ2v) is 4.19. The van der Waals surface area contributed by atoms with Gasteiger partial charge in [0.1, 0.15) is 0 Å². The van der Waals surface area contributed by atoms with Crippen molar-refractivity contribution >= 4 is 5.69 Å². The van der Waals surface area contributed by atoms with Crippen molar-refractivity contribution in [2.45, 2.75) is 32.2 Å². The zero-order valence-corrected chi connectivity index (χ0v) is 9.29. The van der Waals surface area contributed by atoms with Crippen LogP contribution in [0.5, 0.6) is 0 Å². The molecule has 3 heteroatoms. The molecule has 0 bridgehead atoms. The predicted octanol–water partition coefficient (Wildman–Crippen LogP) is 1.94. The molecule has 2 heterocycles. The number of pyridine rings is 1. The summed E-state index contributed by atoms with van der Waals surface area (Å²) in [6.45, 7) is 4.25. The van der Waals surface area contributed by atoms with Crippen LogP contribution in [0.25, 0.3) is 0 Å². The van der Waals surface area contributed by atoms with E-state index in [4.69, 9.17) is 0 Å².